The maximum absolute atomic E-state index is 13.3. The van der Waals surface area contributed by atoms with Crippen molar-refractivity contribution in [1.82, 2.24) is 4.90 Å². The van der Waals surface area contributed by atoms with Crippen LogP contribution in [0.5, 0.6) is 11.5 Å². The molecule has 1 fully saturated rings. The van der Waals surface area contributed by atoms with E-state index in [0.717, 1.165) is 11.1 Å². The van der Waals surface area contributed by atoms with Crippen molar-refractivity contribution in [3.05, 3.63) is 107 Å². The molecule has 2 aliphatic heterocycles. The average molecular weight is 684 g/mol. The second-order valence-corrected chi connectivity index (χ2v) is 13.1. The standard InChI is InChI=1S/C38H37NO11/c1-39-20-19-37-30-24-13-14-25(46-2)33(30)49-34(37)26(17-18-38(37,45)27(39)21-24)47-28(40)15-16-29(41)48-32(23-11-7-4-8-12-23)36(44)50-31(35(42)43)22-9-5-3-6-10-22/h3-14,17,27,31-32,34,45H,15-16,18-21H2,1-2H3,(H,42,43)/t27-,31-,32-,34+,37+,38-/m0/s1. The van der Waals surface area contributed by atoms with Gasteiger partial charge in [-0.25, -0.2) is 9.59 Å². The van der Waals surface area contributed by atoms with Crippen molar-refractivity contribution in [2.24, 2.45) is 0 Å². The molecule has 0 saturated carbocycles. The van der Waals surface area contributed by atoms with Gasteiger partial charge in [0.25, 0.3) is 0 Å². The Morgan fingerprint density at radius 3 is 2.24 bits per heavy atom. The molecule has 7 rings (SSSR count). The molecule has 12 nitrogen and oxygen atoms in total. The first-order valence-electron chi connectivity index (χ1n) is 16.5. The lowest BCUT2D eigenvalue weighted by Gasteiger charge is -2.61. The fraction of sp³-hybridized carbons (Fsp3) is 0.368. The zero-order chi connectivity index (χ0) is 35.2. The van der Waals surface area contributed by atoms with E-state index >= 15 is 0 Å². The number of likely N-dealkylation sites (tertiary alicyclic amines) is 1. The minimum atomic E-state index is -1.63. The Balaban J connectivity index is 1.05. The van der Waals surface area contributed by atoms with Gasteiger partial charge in [-0.15, -0.1) is 0 Å². The van der Waals surface area contributed by atoms with Gasteiger partial charge in [0.15, 0.2) is 17.6 Å². The summed E-state index contributed by atoms with van der Waals surface area (Å²) >= 11 is 0. The van der Waals surface area contributed by atoms with Gasteiger partial charge in [0.1, 0.15) is 5.76 Å². The Labute approximate surface area is 288 Å². The Kier molecular flexibility index (Phi) is 8.61. The van der Waals surface area contributed by atoms with E-state index in [2.05, 4.69) is 4.90 Å². The summed E-state index contributed by atoms with van der Waals surface area (Å²) in [4.78, 5) is 53.8. The van der Waals surface area contributed by atoms with Crippen molar-refractivity contribution in [3.8, 4) is 11.5 Å². The highest BCUT2D eigenvalue weighted by molar-refractivity contribution is 5.85. The van der Waals surface area contributed by atoms with Crippen LogP contribution < -0.4 is 9.47 Å². The van der Waals surface area contributed by atoms with E-state index in [0.29, 0.717) is 30.9 Å². The molecule has 6 atom stereocenters. The zero-order valence-corrected chi connectivity index (χ0v) is 27.6. The molecule has 2 bridgehead atoms. The molecule has 2 heterocycles. The van der Waals surface area contributed by atoms with E-state index in [4.69, 9.17) is 23.7 Å². The van der Waals surface area contributed by atoms with Crippen molar-refractivity contribution in [2.75, 3.05) is 20.7 Å². The first kappa shape index (κ1) is 33.3. The highest BCUT2D eigenvalue weighted by Crippen LogP contribution is 2.65. The van der Waals surface area contributed by atoms with Crippen molar-refractivity contribution in [3.63, 3.8) is 0 Å². The number of carboxylic acid groups (broad SMARTS) is 1. The summed E-state index contributed by atoms with van der Waals surface area (Å²) in [5.41, 5.74) is 0.427. The number of hydrogen-bond acceptors (Lipinski definition) is 11. The fourth-order valence-corrected chi connectivity index (χ4v) is 8.11. The smallest absolute Gasteiger partial charge is 0.353 e. The van der Waals surface area contributed by atoms with Crippen molar-refractivity contribution in [2.45, 2.75) is 67.5 Å². The van der Waals surface area contributed by atoms with Crippen LogP contribution >= 0.6 is 0 Å². The lowest BCUT2D eigenvalue weighted by atomic mass is 9.50. The maximum Gasteiger partial charge on any atom is 0.353 e. The predicted octanol–water partition coefficient (Wildman–Crippen LogP) is 3.95. The van der Waals surface area contributed by atoms with Crippen LogP contribution in [0.25, 0.3) is 0 Å². The molecule has 0 amide bonds. The minimum Gasteiger partial charge on any atom is -0.493 e. The summed E-state index contributed by atoms with van der Waals surface area (Å²) in [5.74, 6) is -2.77. The third-order valence-electron chi connectivity index (χ3n) is 10.4. The molecule has 12 heteroatoms. The summed E-state index contributed by atoms with van der Waals surface area (Å²) in [7, 11) is 3.56. The van der Waals surface area contributed by atoms with Gasteiger partial charge in [-0.2, -0.15) is 0 Å². The molecule has 1 saturated heterocycles. The summed E-state index contributed by atoms with van der Waals surface area (Å²) in [6.07, 6.45) is -1.67. The van der Waals surface area contributed by atoms with Crippen molar-refractivity contribution in [1.29, 1.82) is 0 Å². The van der Waals surface area contributed by atoms with Gasteiger partial charge in [0, 0.05) is 29.2 Å². The highest BCUT2D eigenvalue weighted by atomic mass is 16.6. The van der Waals surface area contributed by atoms with Crippen LogP contribution in [0.1, 0.15) is 60.1 Å². The number of aliphatic carboxylic acids is 1. The molecular formula is C38H37NO11. The normalized spacial score (nSPS) is 25.5. The summed E-state index contributed by atoms with van der Waals surface area (Å²) < 4.78 is 28.8. The number of rotatable bonds is 11. The Hall–Kier alpha value is -5.20. The van der Waals surface area contributed by atoms with Crippen LogP contribution in [0.2, 0.25) is 0 Å². The molecular weight excluding hydrogens is 646 g/mol. The number of esters is 3. The Bertz CT molecular complexity index is 1860. The van der Waals surface area contributed by atoms with Gasteiger partial charge >= 0.3 is 23.9 Å². The van der Waals surface area contributed by atoms with Crippen molar-refractivity contribution >= 4 is 23.9 Å². The number of methoxy groups -OCH3 is 1. The molecule has 2 N–H and O–H groups in total. The Morgan fingerprint density at radius 2 is 1.58 bits per heavy atom. The van der Waals surface area contributed by atoms with Crippen molar-refractivity contribution < 1.29 is 53.1 Å². The SMILES string of the molecule is COc1ccc2c3c1O[C@@H]1C(OC(=O)CCC(=O)O[C@H](C(=O)O[C@H](C(=O)O)c4ccccc4)c4ccccc4)=CC[C@]4(O)[C@H](C2)N(C)CC[C@@]314. The maximum atomic E-state index is 13.3. The van der Waals surface area contributed by atoms with E-state index < -0.39 is 59.6 Å². The lowest BCUT2D eigenvalue weighted by molar-refractivity contribution is -0.178. The number of carboxylic acids is 1. The number of aliphatic hydroxyl groups is 1. The van der Waals surface area contributed by atoms with Crippen LogP contribution in [0.4, 0.5) is 0 Å². The van der Waals surface area contributed by atoms with Crippen LogP contribution in [0.15, 0.2) is 84.6 Å². The third kappa shape index (κ3) is 5.39. The van der Waals surface area contributed by atoms with E-state index in [1.54, 1.807) is 61.7 Å². The molecule has 1 spiro atoms. The van der Waals surface area contributed by atoms with E-state index in [-0.39, 0.29) is 35.8 Å². The number of benzene rings is 3. The predicted molar refractivity (Wildman–Crippen MR) is 175 cm³/mol. The third-order valence-corrected chi connectivity index (χ3v) is 10.4. The molecule has 2 aliphatic carbocycles. The molecule has 50 heavy (non-hydrogen) atoms. The first-order valence-corrected chi connectivity index (χ1v) is 16.5. The number of nitrogens with zero attached hydrogens (tertiary/aromatic N) is 1. The fourth-order valence-electron chi connectivity index (χ4n) is 8.11. The lowest BCUT2D eigenvalue weighted by Crippen LogP contribution is -2.74. The minimum absolute atomic E-state index is 0.166. The van der Waals surface area contributed by atoms with Gasteiger partial charge in [0.2, 0.25) is 12.2 Å². The molecule has 0 aromatic heterocycles. The van der Waals surface area contributed by atoms with Gasteiger partial charge in [-0.1, -0.05) is 66.7 Å². The molecule has 3 aromatic rings. The number of likely N-dealkylation sites (N-methyl/N-ethyl adjacent to an activating group) is 1. The number of hydrogen-bond donors (Lipinski definition) is 2. The van der Waals surface area contributed by atoms with Crippen LogP contribution in [0.3, 0.4) is 0 Å². The van der Waals surface area contributed by atoms with Gasteiger partial charge in [0.05, 0.1) is 31.0 Å². The summed E-state index contributed by atoms with van der Waals surface area (Å²) in [5, 5.41) is 22.1. The van der Waals surface area contributed by atoms with E-state index in [1.807, 2.05) is 19.2 Å². The van der Waals surface area contributed by atoms with Gasteiger partial charge in [-0.3, -0.25) is 9.59 Å². The number of carbonyl (C=O) groups is 4. The van der Waals surface area contributed by atoms with E-state index in [9.17, 15) is 29.4 Å². The zero-order valence-electron chi connectivity index (χ0n) is 27.6. The quantitative estimate of drug-likeness (QED) is 0.222. The van der Waals surface area contributed by atoms with Crippen LogP contribution in [-0.4, -0.2) is 77.4 Å². The largest absolute Gasteiger partial charge is 0.493 e. The first-order chi connectivity index (χ1) is 24.1. The second kappa shape index (κ2) is 12.9. The summed E-state index contributed by atoms with van der Waals surface area (Å²) in [6, 6.07) is 19.7. The number of ether oxygens (including phenoxy) is 5. The van der Waals surface area contributed by atoms with E-state index in [1.165, 1.54) is 12.1 Å². The molecule has 3 aromatic carbocycles. The highest BCUT2D eigenvalue weighted by Gasteiger charge is 2.72. The molecule has 4 aliphatic rings. The van der Waals surface area contributed by atoms with Gasteiger partial charge < -0.3 is 38.8 Å². The Morgan fingerprint density at radius 1 is 0.920 bits per heavy atom. The van der Waals surface area contributed by atoms with Crippen LogP contribution in [0, 0.1) is 0 Å². The molecule has 0 unspecified atom stereocenters. The topological polar surface area (TPSA) is 158 Å². The number of carbonyl (C=O) groups excluding carboxylic acids is 3. The molecule has 260 valence electrons. The van der Waals surface area contributed by atoms with Gasteiger partial charge in [-0.05, 0) is 44.1 Å². The molecule has 0 radical (unpaired) electrons. The summed E-state index contributed by atoms with van der Waals surface area (Å²) in [6.45, 7) is 0.708. The number of piperidine rings is 1. The second-order valence-electron chi connectivity index (χ2n) is 13.1. The van der Waals surface area contributed by atoms with Crippen LogP contribution in [-0.2, 0) is 45.2 Å². The monoisotopic (exact) mass is 683 g/mol. The average Bonchev–Trinajstić information content (AvgIpc) is 3.48.